The van der Waals surface area contributed by atoms with E-state index in [0.717, 1.165) is 10.6 Å². The Hall–Kier alpha value is -2.11. The van der Waals surface area contributed by atoms with E-state index in [9.17, 15) is 9.59 Å². The highest BCUT2D eigenvalue weighted by Gasteiger charge is 2.20. The van der Waals surface area contributed by atoms with E-state index >= 15 is 0 Å². The summed E-state index contributed by atoms with van der Waals surface area (Å²) in [5.74, 6) is -0.351. The Labute approximate surface area is 112 Å². The third-order valence-corrected chi connectivity index (χ3v) is 2.23. The van der Waals surface area contributed by atoms with Gasteiger partial charge in [0.05, 0.1) is 5.56 Å². The number of ether oxygens (including phenoxy) is 1. The molecule has 0 unspecified atom stereocenters. The molecule has 0 aliphatic rings. The molecule has 0 atom stereocenters. The number of hydrazine groups is 1. The van der Waals surface area contributed by atoms with Crippen molar-refractivity contribution in [1.29, 1.82) is 0 Å². The molecule has 2 amide bonds. The maximum Gasteiger partial charge on any atom is 0.426 e. The van der Waals surface area contributed by atoms with Gasteiger partial charge in [-0.1, -0.05) is 0 Å². The molecule has 0 aliphatic heterocycles. The Bertz CT molecular complexity index is 480. The summed E-state index contributed by atoms with van der Waals surface area (Å²) < 4.78 is 5.07. The zero-order chi connectivity index (χ0) is 14.6. The molecule has 1 aromatic heterocycles. The zero-order valence-corrected chi connectivity index (χ0v) is 11.9. The van der Waals surface area contributed by atoms with E-state index in [1.54, 1.807) is 40.0 Å². The lowest BCUT2D eigenvalue weighted by Gasteiger charge is -2.23. The van der Waals surface area contributed by atoms with Crippen LogP contribution in [0.2, 0.25) is 0 Å². The second kappa shape index (κ2) is 5.69. The first-order chi connectivity index (χ1) is 8.70. The molecular formula is C13H19N3O3. The van der Waals surface area contributed by atoms with Gasteiger partial charge < -0.3 is 4.74 Å². The van der Waals surface area contributed by atoms with Gasteiger partial charge in [0.15, 0.2) is 0 Å². The highest BCUT2D eigenvalue weighted by molar-refractivity contribution is 5.95. The van der Waals surface area contributed by atoms with Crippen molar-refractivity contribution in [3.8, 4) is 0 Å². The number of aromatic nitrogens is 1. The van der Waals surface area contributed by atoms with Crippen LogP contribution in [-0.4, -0.2) is 34.6 Å². The molecule has 19 heavy (non-hydrogen) atoms. The zero-order valence-electron chi connectivity index (χ0n) is 11.9. The Kier molecular flexibility index (Phi) is 4.47. The van der Waals surface area contributed by atoms with Gasteiger partial charge in [-0.25, -0.2) is 10.2 Å². The maximum absolute atomic E-state index is 12.1. The van der Waals surface area contributed by atoms with Crippen LogP contribution in [0, 0.1) is 6.92 Å². The molecule has 0 aliphatic carbocycles. The van der Waals surface area contributed by atoms with Crippen molar-refractivity contribution in [2.75, 3.05) is 7.05 Å². The van der Waals surface area contributed by atoms with Gasteiger partial charge in [-0.05, 0) is 39.3 Å². The van der Waals surface area contributed by atoms with Crippen LogP contribution in [0.1, 0.15) is 36.7 Å². The van der Waals surface area contributed by atoms with Crippen LogP contribution in [0.4, 0.5) is 4.79 Å². The number of carbonyl (C=O) groups is 2. The molecule has 0 radical (unpaired) electrons. The first kappa shape index (κ1) is 14.9. The molecular weight excluding hydrogens is 246 g/mol. The average molecular weight is 265 g/mol. The summed E-state index contributed by atoms with van der Waals surface area (Å²) in [6.07, 6.45) is 2.39. The number of nitrogens with zero attached hydrogens (tertiary/aromatic N) is 2. The third kappa shape index (κ3) is 4.57. The van der Waals surface area contributed by atoms with Crippen LogP contribution < -0.4 is 5.43 Å². The van der Waals surface area contributed by atoms with Gasteiger partial charge in [0.25, 0.3) is 5.91 Å². The second-order valence-corrected chi connectivity index (χ2v) is 5.17. The highest BCUT2D eigenvalue weighted by Crippen LogP contribution is 2.09. The predicted octanol–water partition coefficient (Wildman–Crippen LogP) is 1.90. The Morgan fingerprint density at radius 3 is 2.53 bits per heavy atom. The monoisotopic (exact) mass is 265 g/mol. The highest BCUT2D eigenvalue weighted by atomic mass is 16.6. The number of nitrogens with one attached hydrogen (secondary N) is 1. The molecule has 1 rings (SSSR count). The topological polar surface area (TPSA) is 71.5 Å². The number of aryl methyl sites for hydroxylation is 1. The van der Waals surface area contributed by atoms with Gasteiger partial charge in [0, 0.05) is 19.4 Å². The van der Waals surface area contributed by atoms with Crippen LogP contribution in [0.5, 0.6) is 0 Å². The fourth-order valence-corrected chi connectivity index (χ4v) is 1.36. The summed E-state index contributed by atoms with van der Waals surface area (Å²) in [7, 11) is 1.46. The standard InChI is InChI=1S/C13H19N3O3/c1-9-6-7-14-8-10(9)11(17)16(5)15-12(18)19-13(2,3)4/h6-8H,1-5H3,(H,15,18). The molecule has 0 aromatic carbocycles. The van der Waals surface area contributed by atoms with Crippen LogP contribution in [0.3, 0.4) is 0 Å². The fraction of sp³-hybridized carbons (Fsp3) is 0.462. The maximum atomic E-state index is 12.1. The lowest BCUT2D eigenvalue weighted by Crippen LogP contribution is -2.45. The number of hydrogen-bond donors (Lipinski definition) is 1. The van der Waals surface area contributed by atoms with E-state index in [0.29, 0.717) is 5.56 Å². The minimum atomic E-state index is -0.676. The van der Waals surface area contributed by atoms with Gasteiger partial charge >= 0.3 is 6.09 Å². The number of hydrogen-bond acceptors (Lipinski definition) is 4. The predicted molar refractivity (Wildman–Crippen MR) is 70.4 cm³/mol. The smallest absolute Gasteiger partial charge is 0.426 e. The SMILES string of the molecule is Cc1ccncc1C(=O)N(C)NC(=O)OC(C)(C)C. The second-order valence-electron chi connectivity index (χ2n) is 5.17. The van der Waals surface area contributed by atoms with Crippen LogP contribution in [0.25, 0.3) is 0 Å². The Morgan fingerprint density at radius 2 is 2.00 bits per heavy atom. The van der Waals surface area contributed by atoms with E-state index in [1.165, 1.54) is 13.2 Å². The van der Waals surface area contributed by atoms with E-state index in [-0.39, 0.29) is 5.91 Å². The van der Waals surface area contributed by atoms with E-state index in [4.69, 9.17) is 4.74 Å². The molecule has 0 fully saturated rings. The molecule has 6 nitrogen and oxygen atoms in total. The average Bonchev–Trinajstić information content (AvgIpc) is 2.26. The van der Waals surface area contributed by atoms with Crippen LogP contribution in [0.15, 0.2) is 18.5 Å². The molecule has 6 heteroatoms. The molecule has 0 saturated carbocycles. The summed E-state index contributed by atoms with van der Waals surface area (Å²) >= 11 is 0. The third-order valence-electron chi connectivity index (χ3n) is 2.23. The molecule has 0 spiro atoms. The largest absolute Gasteiger partial charge is 0.443 e. The van der Waals surface area contributed by atoms with Crippen molar-refractivity contribution in [2.24, 2.45) is 0 Å². The fourth-order valence-electron chi connectivity index (χ4n) is 1.36. The van der Waals surface area contributed by atoms with Crippen molar-refractivity contribution in [2.45, 2.75) is 33.3 Å². The van der Waals surface area contributed by atoms with Gasteiger partial charge in [0.2, 0.25) is 0 Å². The van der Waals surface area contributed by atoms with Crippen molar-refractivity contribution >= 4 is 12.0 Å². The number of rotatable bonds is 1. The van der Waals surface area contributed by atoms with Crippen molar-refractivity contribution < 1.29 is 14.3 Å². The van der Waals surface area contributed by atoms with Crippen LogP contribution in [-0.2, 0) is 4.74 Å². The first-order valence-electron chi connectivity index (χ1n) is 5.89. The molecule has 1 aromatic rings. The lowest BCUT2D eigenvalue weighted by molar-refractivity contribution is 0.0334. The van der Waals surface area contributed by atoms with Gasteiger partial charge in [-0.2, -0.15) is 0 Å². The molecule has 0 saturated heterocycles. The summed E-state index contributed by atoms with van der Waals surface area (Å²) in [6.45, 7) is 7.05. The summed E-state index contributed by atoms with van der Waals surface area (Å²) in [5.41, 5.74) is 2.97. The normalized spacial score (nSPS) is 10.8. The molecule has 1 heterocycles. The molecule has 0 bridgehead atoms. The van der Waals surface area contributed by atoms with Gasteiger partial charge in [-0.3, -0.25) is 14.8 Å². The Morgan fingerprint density at radius 1 is 1.37 bits per heavy atom. The van der Waals surface area contributed by atoms with Crippen molar-refractivity contribution in [3.05, 3.63) is 29.6 Å². The lowest BCUT2D eigenvalue weighted by atomic mass is 10.1. The van der Waals surface area contributed by atoms with E-state index in [1.807, 2.05) is 0 Å². The Balaban J connectivity index is 2.69. The summed E-state index contributed by atoms with van der Waals surface area (Å²) in [4.78, 5) is 27.5. The minimum absolute atomic E-state index is 0.351. The number of carbonyl (C=O) groups excluding carboxylic acids is 2. The van der Waals surface area contributed by atoms with Crippen LogP contribution >= 0.6 is 0 Å². The van der Waals surface area contributed by atoms with E-state index in [2.05, 4.69) is 10.4 Å². The number of amides is 2. The van der Waals surface area contributed by atoms with Crippen molar-refractivity contribution in [1.82, 2.24) is 15.4 Å². The minimum Gasteiger partial charge on any atom is -0.443 e. The summed E-state index contributed by atoms with van der Waals surface area (Å²) in [6, 6.07) is 1.73. The molecule has 104 valence electrons. The first-order valence-corrected chi connectivity index (χ1v) is 5.89. The van der Waals surface area contributed by atoms with Gasteiger partial charge in [0.1, 0.15) is 5.60 Å². The molecule has 1 N–H and O–H groups in total. The van der Waals surface area contributed by atoms with E-state index < -0.39 is 11.7 Å². The number of pyridine rings is 1. The van der Waals surface area contributed by atoms with Gasteiger partial charge in [-0.15, -0.1) is 0 Å². The summed E-state index contributed by atoms with van der Waals surface area (Å²) in [5, 5.41) is 1.08. The van der Waals surface area contributed by atoms with Crippen molar-refractivity contribution in [3.63, 3.8) is 0 Å². The quantitative estimate of drug-likeness (QED) is 0.787.